The molecule has 0 spiro atoms. The third kappa shape index (κ3) is 3.68. The van der Waals surface area contributed by atoms with Crippen molar-refractivity contribution in [2.45, 2.75) is 6.18 Å². The summed E-state index contributed by atoms with van der Waals surface area (Å²) in [5.41, 5.74) is 5.24. The Morgan fingerprint density at radius 1 is 1.33 bits per heavy atom. The van der Waals surface area contributed by atoms with Crippen LogP contribution in [0.25, 0.3) is 5.69 Å². The van der Waals surface area contributed by atoms with E-state index in [1.54, 1.807) is 6.07 Å². The Kier molecular flexibility index (Phi) is 4.43. The van der Waals surface area contributed by atoms with E-state index in [-0.39, 0.29) is 16.7 Å². The van der Waals surface area contributed by atoms with Crippen molar-refractivity contribution in [1.29, 1.82) is 0 Å². The van der Waals surface area contributed by atoms with Crippen molar-refractivity contribution < 1.29 is 13.2 Å². The Hall–Kier alpha value is -1.73. The van der Waals surface area contributed by atoms with E-state index in [9.17, 15) is 13.2 Å². The highest BCUT2D eigenvalue weighted by Gasteiger charge is 2.33. The van der Waals surface area contributed by atoms with Crippen LogP contribution in [0.2, 0.25) is 5.02 Å². The minimum atomic E-state index is -4.50. The average Bonchev–Trinajstić information content (AvgIpc) is 2.88. The molecule has 2 rings (SSSR count). The Balaban J connectivity index is 2.35. The van der Waals surface area contributed by atoms with E-state index in [4.69, 9.17) is 28.9 Å². The van der Waals surface area contributed by atoms with Gasteiger partial charge in [0.25, 0.3) is 0 Å². The SMILES string of the molecule is NC(CCl)=Nc1ccc(-n2ccc(C(F)(F)F)n2)c(Cl)c1. The molecule has 112 valence electrons. The van der Waals surface area contributed by atoms with Crippen LogP contribution in [-0.2, 0) is 6.18 Å². The lowest BCUT2D eigenvalue weighted by molar-refractivity contribution is -0.141. The largest absolute Gasteiger partial charge is 0.435 e. The maximum atomic E-state index is 12.5. The van der Waals surface area contributed by atoms with Gasteiger partial charge < -0.3 is 5.73 Å². The summed E-state index contributed by atoms with van der Waals surface area (Å²) < 4.78 is 38.6. The van der Waals surface area contributed by atoms with E-state index >= 15 is 0 Å². The summed E-state index contributed by atoms with van der Waals surface area (Å²) in [6.07, 6.45) is -3.32. The molecule has 1 heterocycles. The number of nitrogens with zero attached hydrogens (tertiary/aromatic N) is 3. The number of amidine groups is 1. The molecule has 0 aliphatic carbocycles. The number of nitrogens with two attached hydrogens (primary N) is 1. The van der Waals surface area contributed by atoms with Crippen molar-refractivity contribution in [2.75, 3.05) is 5.88 Å². The molecule has 0 saturated carbocycles. The van der Waals surface area contributed by atoms with Crippen LogP contribution in [0.5, 0.6) is 0 Å². The van der Waals surface area contributed by atoms with Crippen molar-refractivity contribution in [2.24, 2.45) is 10.7 Å². The number of rotatable bonds is 3. The summed E-state index contributed by atoms with van der Waals surface area (Å²) in [6.45, 7) is 0. The molecular weight excluding hydrogens is 328 g/mol. The highest BCUT2D eigenvalue weighted by molar-refractivity contribution is 6.32. The van der Waals surface area contributed by atoms with Gasteiger partial charge in [-0.1, -0.05) is 11.6 Å². The van der Waals surface area contributed by atoms with E-state index in [1.165, 1.54) is 18.3 Å². The van der Waals surface area contributed by atoms with E-state index < -0.39 is 11.9 Å². The molecule has 0 aliphatic heterocycles. The van der Waals surface area contributed by atoms with Gasteiger partial charge in [-0.25, -0.2) is 9.67 Å². The molecular formula is C12H9Cl2F3N4. The van der Waals surface area contributed by atoms with Gasteiger partial charge in [0.05, 0.1) is 22.3 Å². The van der Waals surface area contributed by atoms with Crippen molar-refractivity contribution >= 4 is 34.7 Å². The highest BCUT2D eigenvalue weighted by atomic mass is 35.5. The molecule has 0 radical (unpaired) electrons. The maximum Gasteiger partial charge on any atom is 0.435 e. The van der Waals surface area contributed by atoms with Crippen LogP contribution >= 0.6 is 23.2 Å². The van der Waals surface area contributed by atoms with Gasteiger partial charge >= 0.3 is 6.18 Å². The van der Waals surface area contributed by atoms with Crippen molar-refractivity contribution in [3.63, 3.8) is 0 Å². The van der Waals surface area contributed by atoms with Crippen LogP contribution in [0.3, 0.4) is 0 Å². The zero-order valence-electron chi connectivity index (χ0n) is 10.4. The van der Waals surface area contributed by atoms with Crippen LogP contribution in [0.15, 0.2) is 35.5 Å². The molecule has 0 bridgehead atoms. The molecule has 0 saturated heterocycles. The summed E-state index contributed by atoms with van der Waals surface area (Å²) >= 11 is 11.5. The quantitative estimate of drug-likeness (QED) is 0.527. The molecule has 1 aromatic carbocycles. The first-order valence-electron chi connectivity index (χ1n) is 5.63. The summed E-state index contributed by atoms with van der Waals surface area (Å²) in [4.78, 5) is 3.99. The molecule has 0 fully saturated rings. The Morgan fingerprint density at radius 2 is 2.05 bits per heavy atom. The third-order valence-electron chi connectivity index (χ3n) is 2.47. The molecule has 2 aromatic rings. The van der Waals surface area contributed by atoms with Gasteiger partial charge in [0, 0.05) is 6.20 Å². The topological polar surface area (TPSA) is 56.2 Å². The lowest BCUT2D eigenvalue weighted by Gasteiger charge is -2.06. The highest BCUT2D eigenvalue weighted by Crippen LogP contribution is 2.30. The van der Waals surface area contributed by atoms with Crippen LogP contribution in [-0.4, -0.2) is 21.5 Å². The lowest BCUT2D eigenvalue weighted by Crippen LogP contribution is -2.12. The molecule has 4 nitrogen and oxygen atoms in total. The fourth-order valence-corrected chi connectivity index (χ4v) is 1.88. The molecule has 0 atom stereocenters. The molecule has 0 unspecified atom stereocenters. The number of hydrogen-bond acceptors (Lipinski definition) is 2. The number of hydrogen-bond donors (Lipinski definition) is 1. The number of benzene rings is 1. The van der Waals surface area contributed by atoms with E-state index in [0.717, 1.165) is 10.7 Å². The molecule has 0 aliphatic rings. The fraction of sp³-hybridized carbons (Fsp3) is 0.167. The zero-order valence-corrected chi connectivity index (χ0v) is 11.9. The number of alkyl halides is 4. The van der Waals surface area contributed by atoms with Gasteiger partial charge in [-0.3, -0.25) is 0 Å². The fourth-order valence-electron chi connectivity index (χ4n) is 1.56. The van der Waals surface area contributed by atoms with Crippen LogP contribution < -0.4 is 5.73 Å². The van der Waals surface area contributed by atoms with Crippen molar-refractivity contribution in [3.8, 4) is 5.69 Å². The first-order chi connectivity index (χ1) is 9.81. The molecule has 1 aromatic heterocycles. The van der Waals surface area contributed by atoms with Crippen LogP contribution in [0.1, 0.15) is 5.69 Å². The Labute approximate surface area is 128 Å². The second-order valence-corrected chi connectivity index (χ2v) is 4.69. The van der Waals surface area contributed by atoms with Gasteiger partial charge in [-0.15, -0.1) is 11.6 Å². The molecule has 2 N–H and O–H groups in total. The van der Waals surface area contributed by atoms with E-state index in [1.807, 2.05) is 0 Å². The van der Waals surface area contributed by atoms with Gasteiger partial charge in [0.2, 0.25) is 0 Å². The third-order valence-corrected chi connectivity index (χ3v) is 3.04. The lowest BCUT2D eigenvalue weighted by atomic mass is 10.3. The van der Waals surface area contributed by atoms with E-state index in [2.05, 4.69) is 10.1 Å². The van der Waals surface area contributed by atoms with Gasteiger partial charge in [-0.05, 0) is 24.3 Å². The minimum absolute atomic E-state index is 0.0630. The summed E-state index contributed by atoms with van der Waals surface area (Å²) in [5.74, 6) is 0.270. The summed E-state index contributed by atoms with van der Waals surface area (Å²) in [7, 11) is 0. The second-order valence-electron chi connectivity index (χ2n) is 4.02. The summed E-state index contributed by atoms with van der Waals surface area (Å²) in [5, 5.41) is 3.64. The number of aliphatic imine (C=N–C) groups is 1. The predicted molar refractivity (Wildman–Crippen MR) is 75.6 cm³/mol. The van der Waals surface area contributed by atoms with E-state index in [0.29, 0.717) is 11.4 Å². The Morgan fingerprint density at radius 3 is 2.57 bits per heavy atom. The van der Waals surface area contributed by atoms with Crippen molar-refractivity contribution in [3.05, 3.63) is 41.2 Å². The van der Waals surface area contributed by atoms with Crippen LogP contribution in [0.4, 0.5) is 18.9 Å². The van der Waals surface area contributed by atoms with Crippen LogP contribution in [0, 0.1) is 0 Å². The summed E-state index contributed by atoms with van der Waals surface area (Å²) in [6, 6.07) is 5.38. The first kappa shape index (κ1) is 15.7. The standard InChI is InChI=1S/C12H9Cl2F3N4/c13-6-11(18)19-7-1-2-9(8(14)5-7)21-4-3-10(20-21)12(15,16)17/h1-5H,6H2,(H2,18,19). The predicted octanol–water partition coefficient (Wildman–Crippen LogP) is 3.77. The number of halogens is 5. The van der Waals surface area contributed by atoms with Gasteiger partial charge in [0.15, 0.2) is 5.69 Å². The first-order valence-corrected chi connectivity index (χ1v) is 6.54. The smallest absolute Gasteiger partial charge is 0.386 e. The molecule has 9 heteroatoms. The Bertz CT molecular complexity index is 679. The van der Waals surface area contributed by atoms with Gasteiger partial charge in [0.1, 0.15) is 5.84 Å². The molecule has 0 amide bonds. The minimum Gasteiger partial charge on any atom is -0.386 e. The molecule has 21 heavy (non-hydrogen) atoms. The zero-order chi connectivity index (χ0) is 15.6. The van der Waals surface area contributed by atoms with Gasteiger partial charge in [-0.2, -0.15) is 18.3 Å². The maximum absolute atomic E-state index is 12.5. The second kappa shape index (κ2) is 5.95. The monoisotopic (exact) mass is 336 g/mol. The number of aromatic nitrogens is 2. The average molecular weight is 337 g/mol. The normalized spacial score (nSPS) is 12.7. The van der Waals surface area contributed by atoms with Crippen molar-refractivity contribution in [1.82, 2.24) is 9.78 Å².